The van der Waals surface area contributed by atoms with Gasteiger partial charge in [-0.3, -0.25) is 9.59 Å². The van der Waals surface area contributed by atoms with Gasteiger partial charge in [0.2, 0.25) is 5.91 Å². The monoisotopic (exact) mass is 398 g/mol. The van der Waals surface area contributed by atoms with Crippen molar-refractivity contribution in [2.24, 2.45) is 11.8 Å². The zero-order valence-corrected chi connectivity index (χ0v) is 16.9. The molecule has 2 aromatic rings. The second kappa shape index (κ2) is 9.58. The van der Waals surface area contributed by atoms with E-state index in [9.17, 15) is 14.0 Å². The molecule has 0 unspecified atom stereocenters. The standard InChI is InChI=1S/C22H27FN4O2/c1-15(2)3-10-21(28)24-19-8-9-20(26-25-19)27-13-11-17(12-14-27)22(29)16-4-6-18(23)7-5-16/h4-9,15,17H,3,10-14H2,1-2H3,(H,24,25,28). The molecule has 1 fully saturated rings. The third kappa shape index (κ3) is 5.82. The van der Waals surface area contributed by atoms with Crippen LogP contribution in [-0.2, 0) is 4.79 Å². The Morgan fingerprint density at radius 2 is 1.79 bits per heavy atom. The van der Waals surface area contributed by atoms with E-state index in [1.165, 1.54) is 12.1 Å². The second-order valence-electron chi connectivity index (χ2n) is 7.89. The third-order valence-corrected chi connectivity index (χ3v) is 5.19. The maximum Gasteiger partial charge on any atom is 0.225 e. The zero-order valence-electron chi connectivity index (χ0n) is 16.9. The molecule has 2 heterocycles. The van der Waals surface area contributed by atoms with Gasteiger partial charge in [-0.05, 0) is 61.6 Å². The van der Waals surface area contributed by atoms with Gasteiger partial charge in [0, 0.05) is 31.0 Å². The summed E-state index contributed by atoms with van der Waals surface area (Å²) in [4.78, 5) is 26.6. The molecule has 1 aromatic heterocycles. The number of ketones is 1. The Balaban J connectivity index is 1.51. The highest BCUT2D eigenvalue weighted by molar-refractivity contribution is 5.98. The van der Waals surface area contributed by atoms with Gasteiger partial charge in [-0.1, -0.05) is 13.8 Å². The van der Waals surface area contributed by atoms with Gasteiger partial charge in [0.15, 0.2) is 17.4 Å². The molecule has 1 aromatic carbocycles. The van der Waals surface area contributed by atoms with E-state index in [1.807, 2.05) is 6.07 Å². The number of anilines is 2. The Morgan fingerprint density at radius 3 is 2.38 bits per heavy atom. The van der Waals surface area contributed by atoms with Crippen molar-refractivity contribution in [3.8, 4) is 0 Å². The van der Waals surface area contributed by atoms with Crippen molar-refractivity contribution >= 4 is 23.3 Å². The zero-order chi connectivity index (χ0) is 20.8. The molecule has 0 aliphatic carbocycles. The van der Waals surface area contributed by atoms with Gasteiger partial charge in [0.1, 0.15) is 5.82 Å². The summed E-state index contributed by atoms with van der Waals surface area (Å²) in [5, 5.41) is 11.1. The van der Waals surface area contributed by atoms with Crippen molar-refractivity contribution in [1.82, 2.24) is 10.2 Å². The van der Waals surface area contributed by atoms with Crippen LogP contribution in [0.3, 0.4) is 0 Å². The van der Waals surface area contributed by atoms with Crippen LogP contribution in [0.4, 0.5) is 16.0 Å². The van der Waals surface area contributed by atoms with Gasteiger partial charge in [0.05, 0.1) is 0 Å². The normalized spacial score (nSPS) is 14.8. The first-order chi connectivity index (χ1) is 13.9. The number of carbonyl (C=O) groups excluding carboxylic acids is 2. The number of hydrogen-bond donors (Lipinski definition) is 1. The van der Waals surface area contributed by atoms with Crippen LogP contribution in [-0.4, -0.2) is 35.0 Å². The summed E-state index contributed by atoms with van der Waals surface area (Å²) in [6, 6.07) is 9.33. The van der Waals surface area contributed by atoms with Gasteiger partial charge in [0.25, 0.3) is 0 Å². The van der Waals surface area contributed by atoms with Crippen LogP contribution in [0, 0.1) is 17.7 Å². The lowest BCUT2D eigenvalue weighted by atomic mass is 9.89. The van der Waals surface area contributed by atoms with Crippen LogP contribution in [0.5, 0.6) is 0 Å². The number of hydrogen-bond acceptors (Lipinski definition) is 5. The number of nitrogens with zero attached hydrogens (tertiary/aromatic N) is 3. The smallest absolute Gasteiger partial charge is 0.225 e. The highest BCUT2D eigenvalue weighted by atomic mass is 19.1. The maximum atomic E-state index is 13.0. The fourth-order valence-electron chi connectivity index (χ4n) is 3.41. The molecule has 0 atom stereocenters. The molecule has 1 aliphatic heterocycles. The minimum atomic E-state index is -0.338. The lowest BCUT2D eigenvalue weighted by Crippen LogP contribution is -2.37. The Hall–Kier alpha value is -2.83. The summed E-state index contributed by atoms with van der Waals surface area (Å²) in [5.74, 6) is 1.27. The number of nitrogens with one attached hydrogen (secondary N) is 1. The first-order valence-corrected chi connectivity index (χ1v) is 10.1. The number of carbonyl (C=O) groups is 2. The summed E-state index contributed by atoms with van der Waals surface area (Å²) < 4.78 is 13.0. The molecule has 0 saturated carbocycles. The van der Waals surface area contributed by atoms with E-state index < -0.39 is 0 Å². The van der Waals surface area contributed by atoms with E-state index in [4.69, 9.17) is 0 Å². The highest BCUT2D eigenvalue weighted by Crippen LogP contribution is 2.25. The fourth-order valence-corrected chi connectivity index (χ4v) is 3.41. The molecule has 154 valence electrons. The number of Topliss-reactive ketones (excluding diaryl/α,β-unsaturated/α-hetero) is 1. The van der Waals surface area contributed by atoms with Crippen LogP contribution in [0.25, 0.3) is 0 Å². The second-order valence-corrected chi connectivity index (χ2v) is 7.89. The molecule has 1 aliphatic rings. The lowest BCUT2D eigenvalue weighted by Gasteiger charge is -2.31. The average molecular weight is 398 g/mol. The summed E-state index contributed by atoms with van der Waals surface area (Å²) in [6.07, 6.45) is 2.73. The molecule has 0 spiro atoms. The van der Waals surface area contributed by atoms with Gasteiger partial charge in [-0.15, -0.1) is 10.2 Å². The summed E-state index contributed by atoms with van der Waals surface area (Å²) in [6.45, 7) is 5.56. The number of halogens is 1. The van der Waals surface area contributed by atoms with E-state index in [-0.39, 0.29) is 23.4 Å². The first kappa shape index (κ1) is 20.9. The predicted molar refractivity (Wildman–Crippen MR) is 110 cm³/mol. The topological polar surface area (TPSA) is 75.2 Å². The van der Waals surface area contributed by atoms with E-state index in [0.29, 0.717) is 49.7 Å². The number of piperidine rings is 1. The number of amides is 1. The minimum Gasteiger partial charge on any atom is -0.355 e. The van der Waals surface area contributed by atoms with Crippen molar-refractivity contribution in [3.05, 3.63) is 47.8 Å². The van der Waals surface area contributed by atoms with E-state index in [1.54, 1.807) is 18.2 Å². The van der Waals surface area contributed by atoms with Gasteiger partial charge >= 0.3 is 0 Å². The van der Waals surface area contributed by atoms with Crippen molar-refractivity contribution in [2.75, 3.05) is 23.3 Å². The number of benzene rings is 1. The quantitative estimate of drug-likeness (QED) is 0.711. The maximum absolute atomic E-state index is 13.0. The van der Waals surface area contributed by atoms with Gasteiger partial charge in [-0.2, -0.15) is 0 Å². The summed E-state index contributed by atoms with van der Waals surface area (Å²) in [5.41, 5.74) is 0.558. The van der Waals surface area contributed by atoms with E-state index in [2.05, 4.69) is 34.3 Å². The molecular formula is C22H27FN4O2. The average Bonchev–Trinajstić information content (AvgIpc) is 2.73. The SMILES string of the molecule is CC(C)CCC(=O)Nc1ccc(N2CCC(C(=O)c3ccc(F)cc3)CC2)nn1. The summed E-state index contributed by atoms with van der Waals surface area (Å²) >= 11 is 0. The van der Waals surface area contributed by atoms with Crippen LogP contribution in [0.1, 0.15) is 49.9 Å². The first-order valence-electron chi connectivity index (χ1n) is 10.1. The van der Waals surface area contributed by atoms with E-state index >= 15 is 0 Å². The van der Waals surface area contributed by atoms with Crippen LogP contribution < -0.4 is 10.2 Å². The Labute approximate surface area is 170 Å². The molecule has 1 saturated heterocycles. The fraction of sp³-hybridized carbons (Fsp3) is 0.455. The molecule has 7 heteroatoms. The van der Waals surface area contributed by atoms with Crippen LogP contribution in [0.15, 0.2) is 36.4 Å². The third-order valence-electron chi connectivity index (χ3n) is 5.19. The van der Waals surface area contributed by atoms with Crippen LogP contribution in [0.2, 0.25) is 0 Å². The predicted octanol–water partition coefficient (Wildman–Crippen LogP) is 4.09. The molecule has 0 radical (unpaired) electrons. The molecule has 3 rings (SSSR count). The molecule has 1 amide bonds. The van der Waals surface area contributed by atoms with E-state index in [0.717, 1.165) is 12.2 Å². The van der Waals surface area contributed by atoms with Crippen LogP contribution >= 0.6 is 0 Å². The minimum absolute atomic E-state index is 0.0548. The molecule has 0 bridgehead atoms. The molecular weight excluding hydrogens is 371 g/mol. The molecule has 1 N–H and O–H groups in total. The Morgan fingerprint density at radius 1 is 1.10 bits per heavy atom. The van der Waals surface area contributed by atoms with Crippen molar-refractivity contribution in [2.45, 2.75) is 39.5 Å². The number of rotatable bonds is 7. The van der Waals surface area contributed by atoms with Gasteiger partial charge < -0.3 is 10.2 Å². The molecule has 6 nitrogen and oxygen atoms in total. The molecule has 29 heavy (non-hydrogen) atoms. The largest absolute Gasteiger partial charge is 0.355 e. The van der Waals surface area contributed by atoms with Gasteiger partial charge in [-0.25, -0.2) is 4.39 Å². The Kier molecular flexibility index (Phi) is 6.90. The van der Waals surface area contributed by atoms with Crippen molar-refractivity contribution < 1.29 is 14.0 Å². The Bertz CT molecular complexity index is 829. The van der Waals surface area contributed by atoms with Crippen molar-refractivity contribution in [1.29, 1.82) is 0 Å². The lowest BCUT2D eigenvalue weighted by molar-refractivity contribution is -0.116. The number of aromatic nitrogens is 2. The highest BCUT2D eigenvalue weighted by Gasteiger charge is 2.26. The van der Waals surface area contributed by atoms with Crippen molar-refractivity contribution in [3.63, 3.8) is 0 Å². The summed E-state index contributed by atoms with van der Waals surface area (Å²) in [7, 11) is 0.